The van der Waals surface area contributed by atoms with E-state index in [0.717, 1.165) is 43.4 Å². The highest BCUT2D eigenvalue weighted by Crippen LogP contribution is 2.20. The van der Waals surface area contributed by atoms with Gasteiger partial charge in [-0.25, -0.2) is 13.2 Å². The summed E-state index contributed by atoms with van der Waals surface area (Å²) in [5, 5.41) is 0. The molecule has 0 radical (unpaired) electrons. The maximum atomic E-state index is 13.9. The second-order valence-electron chi connectivity index (χ2n) is 6.70. The Kier molecular flexibility index (Phi) is 8.82. The number of halogens is 3. The molecule has 0 atom stereocenters. The summed E-state index contributed by atoms with van der Waals surface area (Å²) in [5.74, 6) is -2.55. The van der Waals surface area contributed by atoms with Crippen molar-refractivity contribution < 1.29 is 22.6 Å². The van der Waals surface area contributed by atoms with Gasteiger partial charge >= 0.3 is 0 Å². The van der Waals surface area contributed by atoms with E-state index in [1.165, 1.54) is 11.1 Å². The minimum atomic E-state index is -0.894. The molecule has 0 spiro atoms. The zero-order valence-electron chi connectivity index (χ0n) is 16.0. The lowest BCUT2D eigenvalue weighted by Gasteiger charge is -2.11. The molecule has 2 nitrogen and oxygen atoms in total. The van der Waals surface area contributed by atoms with Crippen LogP contribution in [-0.2, 0) is 35.2 Å². The van der Waals surface area contributed by atoms with Crippen LogP contribution >= 0.6 is 0 Å². The third-order valence-corrected chi connectivity index (χ3v) is 4.51. The number of hydrogen-bond acceptors (Lipinski definition) is 2. The van der Waals surface area contributed by atoms with Crippen molar-refractivity contribution in [2.24, 2.45) is 0 Å². The Bertz CT molecular complexity index is 680. The summed E-state index contributed by atoms with van der Waals surface area (Å²) >= 11 is 0. The molecule has 2 aromatic rings. The highest BCUT2D eigenvalue weighted by molar-refractivity contribution is 5.32. The maximum Gasteiger partial charge on any atom is 0.132 e. The zero-order chi connectivity index (χ0) is 19.6. The van der Waals surface area contributed by atoms with Crippen LogP contribution in [0.25, 0.3) is 0 Å². The van der Waals surface area contributed by atoms with Gasteiger partial charge in [-0.3, -0.25) is 0 Å². The van der Waals surface area contributed by atoms with Crippen LogP contribution in [0.4, 0.5) is 13.2 Å². The molecule has 0 N–H and O–H groups in total. The number of hydrogen-bond donors (Lipinski definition) is 0. The van der Waals surface area contributed by atoms with Crippen molar-refractivity contribution in [3.8, 4) is 0 Å². The quantitative estimate of drug-likeness (QED) is 0.508. The molecule has 0 saturated heterocycles. The van der Waals surface area contributed by atoms with Gasteiger partial charge in [-0.2, -0.15) is 0 Å². The molecule has 27 heavy (non-hydrogen) atoms. The molecule has 0 aliphatic carbocycles. The minimum Gasteiger partial charge on any atom is -0.385 e. The molecule has 0 aliphatic heterocycles. The first-order valence-corrected chi connectivity index (χ1v) is 9.26. The predicted molar refractivity (Wildman–Crippen MR) is 101 cm³/mol. The number of methoxy groups -OCH3 is 2. The van der Waals surface area contributed by atoms with E-state index in [2.05, 4.69) is 18.2 Å². The van der Waals surface area contributed by atoms with Crippen LogP contribution in [0.1, 0.15) is 35.1 Å². The van der Waals surface area contributed by atoms with Crippen molar-refractivity contribution in [2.75, 3.05) is 27.4 Å². The van der Waals surface area contributed by atoms with Gasteiger partial charge in [0.2, 0.25) is 0 Å². The topological polar surface area (TPSA) is 18.5 Å². The van der Waals surface area contributed by atoms with Crippen LogP contribution in [0.5, 0.6) is 0 Å². The smallest absolute Gasteiger partial charge is 0.132 e. The van der Waals surface area contributed by atoms with E-state index in [0.29, 0.717) is 19.6 Å². The molecule has 2 aromatic carbocycles. The summed E-state index contributed by atoms with van der Waals surface area (Å²) in [6.07, 6.45) is 4.29. The molecule has 0 aliphatic rings. The van der Waals surface area contributed by atoms with Gasteiger partial charge in [-0.15, -0.1) is 0 Å². The SMILES string of the molecule is COCCCc1cc(CCCOC)cc(CCc2c(F)cc(F)cc2F)c1. The lowest BCUT2D eigenvalue weighted by Crippen LogP contribution is -2.02. The third kappa shape index (κ3) is 7.00. The van der Waals surface area contributed by atoms with E-state index in [4.69, 9.17) is 9.47 Å². The van der Waals surface area contributed by atoms with Gasteiger partial charge in [-0.1, -0.05) is 18.2 Å². The number of aryl methyl sites for hydroxylation is 3. The monoisotopic (exact) mass is 380 g/mol. The average molecular weight is 380 g/mol. The highest BCUT2D eigenvalue weighted by atomic mass is 19.1. The first-order chi connectivity index (χ1) is 13.0. The molecule has 0 unspecified atom stereocenters. The number of rotatable bonds is 11. The van der Waals surface area contributed by atoms with E-state index < -0.39 is 17.5 Å². The van der Waals surface area contributed by atoms with Gasteiger partial charge in [0.05, 0.1) is 0 Å². The summed E-state index contributed by atoms with van der Waals surface area (Å²) < 4.78 is 51.1. The van der Waals surface area contributed by atoms with E-state index in [1.807, 2.05) is 0 Å². The fourth-order valence-electron chi connectivity index (χ4n) is 3.19. The second-order valence-corrected chi connectivity index (χ2v) is 6.70. The summed E-state index contributed by atoms with van der Waals surface area (Å²) in [4.78, 5) is 0. The van der Waals surface area contributed by atoms with E-state index in [1.54, 1.807) is 14.2 Å². The average Bonchev–Trinajstić information content (AvgIpc) is 2.61. The fourth-order valence-corrected chi connectivity index (χ4v) is 3.19. The molecule has 0 saturated carbocycles. The standard InChI is InChI=1S/C22H27F3O2/c1-26-9-3-5-16-11-17(6-4-10-27-2)13-18(12-16)7-8-20-21(24)14-19(23)15-22(20)25/h11-15H,3-10H2,1-2H3. The Balaban J connectivity index is 2.13. The molecule has 2 rings (SSSR count). The molecule has 0 bridgehead atoms. The Morgan fingerprint density at radius 2 is 1.07 bits per heavy atom. The summed E-state index contributed by atoms with van der Waals surface area (Å²) in [6, 6.07) is 7.79. The van der Waals surface area contributed by atoms with Crippen molar-refractivity contribution in [3.63, 3.8) is 0 Å². The molecule has 5 heteroatoms. The van der Waals surface area contributed by atoms with Crippen molar-refractivity contribution in [2.45, 2.75) is 38.5 Å². The summed E-state index contributed by atoms with van der Waals surface area (Å²) in [7, 11) is 3.36. The van der Waals surface area contributed by atoms with Crippen LogP contribution in [0.2, 0.25) is 0 Å². The van der Waals surface area contributed by atoms with Crippen molar-refractivity contribution in [3.05, 3.63) is 70.0 Å². The third-order valence-electron chi connectivity index (χ3n) is 4.51. The van der Waals surface area contributed by atoms with Crippen molar-refractivity contribution in [1.82, 2.24) is 0 Å². The minimum absolute atomic E-state index is 0.0675. The summed E-state index contributed by atoms with van der Waals surface area (Å²) in [6.45, 7) is 1.38. The Morgan fingerprint density at radius 1 is 0.630 bits per heavy atom. The lowest BCUT2D eigenvalue weighted by atomic mass is 9.96. The normalized spacial score (nSPS) is 11.1. The largest absolute Gasteiger partial charge is 0.385 e. The van der Waals surface area contributed by atoms with Crippen LogP contribution < -0.4 is 0 Å². The van der Waals surface area contributed by atoms with Crippen molar-refractivity contribution in [1.29, 1.82) is 0 Å². The van der Waals surface area contributed by atoms with Crippen molar-refractivity contribution >= 4 is 0 Å². The van der Waals surface area contributed by atoms with Crippen LogP contribution in [0.3, 0.4) is 0 Å². The Labute approximate surface area is 159 Å². The molecule has 0 fully saturated rings. The fraction of sp³-hybridized carbons (Fsp3) is 0.455. The zero-order valence-corrected chi connectivity index (χ0v) is 16.0. The van der Waals surface area contributed by atoms with Gasteiger partial charge in [0.25, 0.3) is 0 Å². The first kappa shape index (κ1) is 21.5. The molecular formula is C22H27F3O2. The van der Waals surface area contributed by atoms with Gasteiger partial charge < -0.3 is 9.47 Å². The van der Waals surface area contributed by atoms with Crippen LogP contribution in [0, 0.1) is 17.5 Å². The van der Waals surface area contributed by atoms with Gasteiger partial charge in [-0.05, 0) is 55.2 Å². The van der Waals surface area contributed by atoms with Gasteiger partial charge in [0, 0.05) is 45.1 Å². The molecular weight excluding hydrogens is 353 g/mol. The van der Waals surface area contributed by atoms with E-state index in [9.17, 15) is 13.2 Å². The Hall–Kier alpha value is -1.85. The van der Waals surface area contributed by atoms with Gasteiger partial charge in [0.15, 0.2) is 0 Å². The Morgan fingerprint density at radius 3 is 1.52 bits per heavy atom. The lowest BCUT2D eigenvalue weighted by molar-refractivity contribution is 0.195. The van der Waals surface area contributed by atoms with E-state index >= 15 is 0 Å². The van der Waals surface area contributed by atoms with E-state index in [-0.39, 0.29) is 12.0 Å². The number of ether oxygens (including phenoxy) is 2. The maximum absolute atomic E-state index is 13.9. The summed E-state index contributed by atoms with van der Waals surface area (Å²) in [5.41, 5.74) is 3.34. The van der Waals surface area contributed by atoms with Crippen LogP contribution in [-0.4, -0.2) is 27.4 Å². The molecule has 0 amide bonds. The molecule has 0 heterocycles. The first-order valence-electron chi connectivity index (χ1n) is 9.26. The predicted octanol–water partition coefficient (Wildman–Crippen LogP) is 5.05. The second kappa shape index (κ2) is 11.1. The number of benzene rings is 2. The molecule has 0 aromatic heterocycles. The van der Waals surface area contributed by atoms with Gasteiger partial charge in [0.1, 0.15) is 17.5 Å². The highest BCUT2D eigenvalue weighted by Gasteiger charge is 2.12. The molecule has 148 valence electrons. The van der Waals surface area contributed by atoms with Crippen LogP contribution in [0.15, 0.2) is 30.3 Å².